The van der Waals surface area contributed by atoms with Crippen molar-refractivity contribution in [2.45, 2.75) is 17.1 Å². The van der Waals surface area contributed by atoms with E-state index in [9.17, 15) is 18.0 Å². The van der Waals surface area contributed by atoms with Crippen LogP contribution in [0.3, 0.4) is 0 Å². The van der Waals surface area contributed by atoms with E-state index in [1.807, 2.05) is 0 Å². The zero-order valence-electron chi connectivity index (χ0n) is 13.9. The van der Waals surface area contributed by atoms with Crippen molar-refractivity contribution in [3.63, 3.8) is 0 Å². The van der Waals surface area contributed by atoms with E-state index in [1.54, 1.807) is 35.7 Å². The Kier molecular flexibility index (Phi) is 5.40. The first-order valence-electron chi connectivity index (χ1n) is 8.12. The van der Waals surface area contributed by atoms with Gasteiger partial charge in [0, 0.05) is 24.3 Å². The summed E-state index contributed by atoms with van der Waals surface area (Å²) in [5.41, 5.74) is 6.01. The fraction of sp³-hybridized carbons (Fsp3) is 0.294. The third-order valence-electron chi connectivity index (χ3n) is 4.26. The van der Waals surface area contributed by atoms with Crippen LogP contribution in [0, 0.1) is 5.92 Å². The number of nitrogens with two attached hydrogens (primary N) is 1. The van der Waals surface area contributed by atoms with E-state index >= 15 is 0 Å². The van der Waals surface area contributed by atoms with E-state index in [1.165, 1.54) is 21.7 Å². The minimum atomic E-state index is -3.57. The molecule has 0 spiro atoms. The van der Waals surface area contributed by atoms with Crippen LogP contribution < -0.4 is 11.1 Å². The number of carbonyl (C=O) groups is 2. The molecule has 1 saturated heterocycles. The number of nitrogens with one attached hydrogen (secondary N) is 1. The van der Waals surface area contributed by atoms with Crippen molar-refractivity contribution in [3.8, 4) is 0 Å². The summed E-state index contributed by atoms with van der Waals surface area (Å²) in [6.07, 6.45) is 1.22. The van der Waals surface area contributed by atoms with Gasteiger partial charge >= 0.3 is 0 Å². The molecule has 2 aromatic rings. The maximum absolute atomic E-state index is 12.6. The summed E-state index contributed by atoms with van der Waals surface area (Å²) < 4.78 is 26.9. The lowest BCUT2D eigenvalue weighted by atomic mass is 9.98. The highest BCUT2D eigenvalue weighted by Gasteiger charge is 2.33. The molecule has 3 rings (SSSR count). The predicted molar refractivity (Wildman–Crippen MR) is 99.4 cm³/mol. The van der Waals surface area contributed by atoms with Gasteiger partial charge in [0.1, 0.15) is 4.21 Å². The minimum absolute atomic E-state index is 0.140. The Morgan fingerprint density at radius 3 is 2.73 bits per heavy atom. The molecule has 1 aromatic heterocycles. The van der Waals surface area contributed by atoms with E-state index in [0.29, 0.717) is 30.6 Å². The summed E-state index contributed by atoms with van der Waals surface area (Å²) in [5.74, 6) is -1.29. The van der Waals surface area contributed by atoms with E-state index in [2.05, 4.69) is 5.32 Å². The topological polar surface area (TPSA) is 110 Å². The van der Waals surface area contributed by atoms with Gasteiger partial charge in [-0.25, -0.2) is 8.42 Å². The Balaban J connectivity index is 1.70. The lowest BCUT2D eigenvalue weighted by Gasteiger charge is -2.30. The van der Waals surface area contributed by atoms with Crippen molar-refractivity contribution < 1.29 is 18.0 Å². The Hall–Kier alpha value is -2.23. The molecular weight excluding hydrogens is 374 g/mol. The van der Waals surface area contributed by atoms with Gasteiger partial charge in [0.05, 0.1) is 5.92 Å². The molecule has 1 aliphatic heterocycles. The standard InChI is InChI=1S/C17H19N3O4S2/c18-16(21)12-4-1-6-14(10-12)19-17(22)13-5-2-8-20(11-13)26(23,24)15-7-3-9-25-15/h1,3-4,6-7,9-10,13H,2,5,8,11H2,(H2,18,21)(H,19,22)/t13-/m0/s1. The lowest BCUT2D eigenvalue weighted by Crippen LogP contribution is -2.43. The van der Waals surface area contributed by atoms with Gasteiger partial charge in [0.15, 0.2) is 0 Å². The van der Waals surface area contributed by atoms with E-state index in [-0.39, 0.29) is 16.7 Å². The molecule has 26 heavy (non-hydrogen) atoms. The molecule has 0 radical (unpaired) electrons. The van der Waals surface area contributed by atoms with Crippen LogP contribution in [0.25, 0.3) is 0 Å². The van der Waals surface area contributed by atoms with Crippen molar-refractivity contribution in [2.24, 2.45) is 11.7 Å². The molecule has 0 aliphatic carbocycles. The zero-order chi connectivity index (χ0) is 18.7. The molecule has 138 valence electrons. The average molecular weight is 393 g/mol. The first-order chi connectivity index (χ1) is 12.4. The third-order valence-corrected chi connectivity index (χ3v) is 7.50. The Labute approximate surface area is 155 Å². The second-order valence-corrected chi connectivity index (χ2v) is 9.18. The second-order valence-electron chi connectivity index (χ2n) is 6.07. The Bertz CT molecular complexity index is 910. The van der Waals surface area contributed by atoms with Gasteiger partial charge in [0.25, 0.3) is 10.0 Å². The smallest absolute Gasteiger partial charge is 0.252 e. The number of hydrogen-bond acceptors (Lipinski definition) is 5. The van der Waals surface area contributed by atoms with Crippen LogP contribution in [0.5, 0.6) is 0 Å². The quantitative estimate of drug-likeness (QED) is 0.808. The van der Waals surface area contributed by atoms with Gasteiger partial charge in [0.2, 0.25) is 11.8 Å². The summed E-state index contributed by atoms with van der Waals surface area (Å²) in [6, 6.07) is 9.62. The number of anilines is 1. The molecule has 1 fully saturated rings. The maximum atomic E-state index is 12.6. The van der Waals surface area contributed by atoms with Crippen molar-refractivity contribution in [1.82, 2.24) is 4.31 Å². The highest BCUT2D eigenvalue weighted by Crippen LogP contribution is 2.27. The predicted octanol–water partition coefficient (Wildman–Crippen LogP) is 1.89. The largest absolute Gasteiger partial charge is 0.366 e. The van der Waals surface area contributed by atoms with E-state index < -0.39 is 21.8 Å². The number of benzene rings is 1. The third kappa shape index (κ3) is 3.95. The zero-order valence-corrected chi connectivity index (χ0v) is 15.6. The molecule has 0 bridgehead atoms. The normalized spacial score (nSPS) is 18.4. The Morgan fingerprint density at radius 2 is 2.04 bits per heavy atom. The van der Waals surface area contributed by atoms with Gasteiger partial charge in [-0.15, -0.1) is 11.3 Å². The minimum Gasteiger partial charge on any atom is -0.366 e. The number of primary amides is 1. The van der Waals surface area contributed by atoms with Crippen molar-refractivity contribution in [1.29, 1.82) is 0 Å². The first-order valence-corrected chi connectivity index (χ1v) is 10.4. The molecule has 0 unspecified atom stereocenters. The summed E-state index contributed by atoms with van der Waals surface area (Å²) >= 11 is 1.17. The van der Waals surface area contributed by atoms with Crippen molar-refractivity contribution >= 4 is 38.9 Å². The number of sulfonamides is 1. The van der Waals surface area contributed by atoms with Crippen molar-refractivity contribution in [3.05, 3.63) is 47.3 Å². The number of piperidine rings is 1. The van der Waals surface area contributed by atoms with Crippen molar-refractivity contribution in [2.75, 3.05) is 18.4 Å². The van der Waals surface area contributed by atoms with Gasteiger partial charge in [-0.1, -0.05) is 12.1 Å². The van der Waals surface area contributed by atoms with Crippen LogP contribution in [0.2, 0.25) is 0 Å². The van der Waals surface area contributed by atoms with Crippen LogP contribution >= 0.6 is 11.3 Å². The SMILES string of the molecule is NC(=O)c1cccc(NC(=O)[C@H]2CCCN(S(=O)(=O)c3cccs3)C2)c1. The molecule has 1 aromatic carbocycles. The van der Waals surface area contributed by atoms with Crippen LogP contribution in [0.15, 0.2) is 46.0 Å². The van der Waals surface area contributed by atoms with Gasteiger partial charge in [-0.05, 0) is 42.5 Å². The second kappa shape index (κ2) is 7.56. The van der Waals surface area contributed by atoms with Crippen LogP contribution in [0.1, 0.15) is 23.2 Å². The summed E-state index contributed by atoms with van der Waals surface area (Å²) in [5, 5.41) is 4.46. The molecular formula is C17H19N3O4S2. The molecule has 2 amide bonds. The fourth-order valence-corrected chi connectivity index (χ4v) is 5.58. The summed E-state index contributed by atoms with van der Waals surface area (Å²) in [7, 11) is -3.57. The van der Waals surface area contributed by atoms with E-state index in [4.69, 9.17) is 5.73 Å². The fourth-order valence-electron chi connectivity index (χ4n) is 2.91. The average Bonchev–Trinajstić information content (AvgIpc) is 3.17. The molecule has 1 aliphatic rings. The highest BCUT2D eigenvalue weighted by molar-refractivity contribution is 7.91. The maximum Gasteiger partial charge on any atom is 0.252 e. The molecule has 3 N–H and O–H groups in total. The highest BCUT2D eigenvalue weighted by atomic mass is 32.2. The van der Waals surface area contributed by atoms with Crippen LogP contribution in [-0.4, -0.2) is 37.6 Å². The van der Waals surface area contributed by atoms with Gasteiger partial charge < -0.3 is 11.1 Å². The number of thiophene rings is 1. The van der Waals surface area contributed by atoms with E-state index in [0.717, 1.165) is 0 Å². The molecule has 2 heterocycles. The number of rotatable bonds is 5. The number of hydrogen-bond donors (Lipinski definition) is 2. The van der Waals surface area contributed by atoms with Gasteiger partial charge in [-0.2, -0.15) is 4.31 Å². The summed E-state index contributed by atoms with van der Waals surface area (Å²) in [6.45, 7) is 0.544. The molecule has 9 heteroatoms. The number of amides is 2. The molecule has 1 atom stereocenters. The lowest BCUT2D eigenvalue weighted by molar-refractivity contribution is -0.120. The van der Waals surface area contributed by atoms with Crippen LogP contribution in [-0.2, 0) is 14.8 Å². The van der Waals surface area contributed by atoms with Crippen LogP contribution in [0.4, 0.5) is 5.69 Å². The molecule has 7 nitrogen and oxygen atoms in total. The first kappa shape index (κ1) is 18.6. The summed E-state index contributed by atoms with van der Waals surface area (Å²) in [4.78, 5) is 23.8. The monoisotopic (exact) mass is 393 g/mol. The molecule has 0 saturated carbocycles. The number of nitrogens with zero attached hydrogens (tertiary/aromatic N) is 1. The Morgan fingerprint density at radius 1 is 1.23 bits per heavy atom. The van der Waals surface area contributed by atoms with Gasteiger partial charge in [-0.3, -0.25) is 9.59 Å². The number of carbonyl (C=O) groups excluding carboxylic acids is 2.